The molecule has 4 atom stereocenters. The van der Waals surface area contributed by atoms with Gasteiger partial charge in [-0.2, -0.15) is 0 Å². The lowest BCUT2D eigenvalue weighted by Gasteiger charge is -2.33. The van der Waals surface area contributed by atoms with E-state index in [1.54, 1.807) is 0 Å². The Bertz CT molecular complexity index is 823. The summed E-state index contributed by atoms with van der Waals surface area (Å²) in [6.45, 7) is 1.16. The third kappa shape index (κ3) is 4.41. The Morgan fingerprint density at radius 1 is 0.472 bits per heavy atom. The van der Waals surface area contributed by atoms with Crippen LogP contribution in [0.25, 0.3) is 0 Å². The fourth-order valence-corrected chi connectivity index (χ4v) is 6.40. The van der Waals surface area contributed by atoms with Crippen molar-refractivity contribution < 1.29 is 28.8 Å². The van der Waals surface area contributed by atoms with E-state index in [0.717, 1.165) is 0 Å². The highest BCUT2D eigenvalue weighted by molar-refractivity contribution is 5.97. The van der Waals surface area contributed by atoms with E-state index >= 15 is 0 Å². The summed E-state index contributed by atoms with van der Waals surface area (Å²) in [4.78, 5) is 84.9. The number of nitrogens with zero attached hydrogens (tertiary/aromatic N) is 4. The lowest BCUT2D eigenvalue weighted by Crippen LogP contribution is -2.57. The molecule has 0 bridgehead atoms. The van der Waals surface area contributed by atoms with Gasteiger partial charge in [-0.3, -0.25) is 28.8 Å². The Kier molecular flexibility index (Phi) is 6.85. The van der Waals surface area contributed by atoms with E-state index in [-0.39, 0.29) is 48.5 Å². The first kappa shape index (κ1) is 24.5. The van der Waals surface area contributed by atoms with Gasteiger partial charge < -0.3 is 30.2 Å². The van der Waals surface area contributed by atoms with Crippen LogP contribution < -0.4 is 10.6 Å². The molecule has 0 aromatic heterocycles. The summed E-state index contributed by atoms with van der Waals surface area (Å²) in [7, 11) is 0. The Hall–Kier alpha value is -3.18. The molecule has 5 aliphatic rings. The summed E-state index contributed by atoms with van der Waals surface area (Å²) in [5, 5.41) is 5.37. The number of carbonyl (C=O) groups is 6. The maximum absolute atomic E-state index is 13.4. The van der Waals surface area contributed by atoms with Gasteiger partial charge in [0.2, 0.25) is 35.4 Å². The van der Waals surface area contributed by atoms with Crippen LogP contribution in [-0.4, -0.2) is 118 Å². The molecule has 5 fully saturated rings. The average Bonchev–Trinajstić information content (AvgIpc) is 3.69. The van der Waals surface area contributed by atoms with Gasteiger partial charge in [-0.25, -0.2) is 0 Å². The van der Waals surface area contributed by atoms with Crippen LogP contribution >= 0.6 is 0 Å². The van der Waals surface area contributed by atoms with Gasteiger partial charge in [-0.05, 0) is 51.4 Å². The van der Waals surface area contributed by atoms with Crippen molar-refractivity contribution in [3.63, 3.8) is 0 Å². The predicted molar refractivity (Wildman–Crippen MR) is 125 cm³/mol. The molecule has 0 spiro atoms. The van der Waals surface area contributed by atoms with Gasteiger partial charge in [0.25, 0.3) is 0 Å². The molecule has 2 N–H and O–H groups in total. The summed E-state index contributed by atoms with van der Waals surface area (Å²) < 4.78 is 0. The second-order valence-corrected chi connectivity index (χ2v) is 10.3. The molecule has 12 heteroatoms. The zero-order chi connectivity index (χ0) is 25.4. The topological polar surface area (TPSA) is 139 Å². The molecule has 0 aromatic rings. The fourth-order valence-electron chi connectivity index (χ4n) is 6.40. The van der Waals surface area contributed by atoms with Crippen LogP contribution in [0.2, 0.25) is 0 Å². The van der Waals surface area contributed by atoms with Crippen LogP contribution in [0, 0.1) is 0 Å². The van der Waals surface area contributed by atoms with Crippen molar-refractivity contribution in [2.75, 3.05) is 39.3 Å². The third-order valence-corrected chi connectivity index (χ3v) is 8.22. The maximum atomic E-state index is 13.4. The molecule has 5 heterocycles. The highest BCUT2D eigenvalue weighted by Gasteiger charge is 2.44. The lowest BCUT2D eigenvalue weighted by atomic mass is 10.1. The standard InChI is InChI=1S/C24H34N6O6/c31-19-13-25-21(33)15-5-1-11-29(15)23(35)17-7-3-9-27(17)20(32)14-26-22(34)16-6-2-12-30(16)24(36)18-8-4-10-28(18)19/h15-18H,1-14H2,(H,25,33)(H,26,34). The molecular weight excluding hydrogens is 468 g/mol. The van der Waals surface area contributed by atoms with Gasteiger partial charge in [-0.1, -0.05) is 0 Å². The maximum Gasteiger partial charge on any atom is 0.246 e. The van der Waals surface area contributed by atoms with Crippen molar-refractivity contribution in [2.45, 2.75) is 75.5 Å². The zero-order valence-corrected chi connectivity index (χ0v) is 20.4. The predicted octanol–water partition coefficient (Wildman–Crippen LogP) is -1.80. The minimum Gasteiger partial charge on any atom is -0.345 e. The highest BCUT2D eigenvalue weighted by Crippen LogP contribution is 2.27. The number of fused-ring (bicyclic) bond motifs is 4. The summed E-state index contributed by atoms with van der Waals surface area (Å²) in [6.07, 6.45) is 4.64. The van der Waals surface area contributed by atoms with Crippen molar-refractivity contribution in [3.8, 4) is 0 Å². The van der Waals surface area contributed by atoms with Crippen LogP contribution in [0.15, 0.2) is 0 Å². The van der Waals surface area contributed by atoms with Crippen LogP contribution in [-0.2, 0) is 28.8 Å². The van der Waals surface area contributed by atoms with E-state index in [9.17, 15) is 28.8 Å². The van der Waals surface area contributed by atoms with Gasteiger partial charge in [0.15, 0.2) is 0 Å². The Labute approximate surface area is 209 Å². The van der Waals surface area contributed by atoms with E-state index in [2.05, 4.69) is 10.6 Å². The Morgan fingerprint density at radius 3 is 1.19 bits per heavy atom. The largest absolute Gasteiger partial charge is 0.345 e. The van der Waals surface area contributed by atoms with Crippen molar-refractivity contribution in [3.05, 3.63) is 0 Å². The number of hydrogen-bond acceptors (Lipinski definition) is 6. The van der Waals surface area contributed by atoms with Crippen molar-refractivity contribution in [2.24, 2.45) is 0 Å². The molecule has 0 radical (unpaired) electrons. The Morgan fingerprint density at radius 2 is 0.806 bits per heavy atom. The molecule has 196 valence electrons. The zero-order valence-electron chi connectivity index (χ0n) is 20.4. The third-order valence-electron chi connectivity index (χ3n) is 8.22. The molecule has 5 aliphatic heterocycles. The first-order valence-corrected chi connectivity index (χ1v) is 13.1. The van der Waals surface area contributed by atoms with Crippen molar-refractivity contribution in [1.82, 2.24) is 30.2 Å². The number of amides is 6. The smallest absolute Gasteiger partial charge is 0.246 e. The summed E-state index contributed by atoms with van der Waals surface area (Å²) in [6, 6.07) is -2.72. The van der Waals surface area contributed by atoms with Gasteiger partial charge in [0.05, 0.1) is 13.1 Å². The van der Waals surface area contributed by atoms with Crippen LogP contribution in [0.3, 0.4) is 0 Å². The first-order chi connectivity index (χ1) is 17.4. The average molecular weight is 503 g/mol. The normalized spacial score (nSPS) is 32.6. The summed E-state index contributed by atoms with van der Waals surface area (Å²) >= 11 is 0. The van der Waals surface area contributed by atoms with E-state index in [0.29, 0.717) is 77.5 Å². The van der Waals surface area contributed by atoms with E-state index in [1.807, 2.05) is 0 Å². The summed E-state index contributed by atoms with van der Waals surface area (Å²) in [5.41, 5.74) is 0. The molecule has 0 saturated carbocycles. The van der Waals surface area contributed by atoms with Crippen molar-refractivity contribution >= 4 is 35.4 Å². The number of carbonyl (C=O) groups excluding carboxylic acids is 6. The lowest BCUT2D eigenvalue weighted by molar-refractivity contribution is -0.148. The van der Waals surface area contributed by atoms with Crippen LogP contribution in [0.4, 0.5) is 0 Å². The molecule has 36 heavy (non-hydrogen) atoms. The number of rotatable bonds is 0. The molecule has 5 saturated heterocycles. The van der Waals surface area contributed by atoms with Gasteiger partial charge in [0.1, 0.15) is 24.2 Å². The molecule has 12 nitrogen and oxygen atoms in total. The molecule has 4 unspecified atom stereocenters. The second kappa shape index (κ2) is 10.1. The molecule has 6 amide bonds. The van der Waals surface area contributed by atoms with Gasteiger partial charge in [-0.15, -0.1) is 0 Å². The van der Waals surface area contributed by atoms with Gasteiger partial charge >= 0.3 is 0 Å². The minimum absolute atomic E-state index is 0.251. The molecule has 0 aromatic carbocycles. The molecular formula is C24H34N6O6. The van der Waals surface area contributed by atoms with E-state index in [4.69, 9.17) is 0 Å². The van der Waals surface area contributed by atoms with E-state index in [1.165, 1.54) is 19.6 Å². The quantitative estimate of drug-likeness (QED) is 0.401. The van der Waals surface area contributed by atoms with Crippen molar-refractivity contribution in [1.29, 1.82) is 0 Å². The van der Waals surface area contributed by atoms with Crippen LogP contribution in [0.1, 0.15) is 51.4 Å². The van der Waals surface area contributed by atoms with Gasteiger partial charge in [0, 0.05) is 26.2 Å². The fraction of sp³-hybridized carbons (Fsp3) is 0.750. The molecule has 5 rings (SSSR count). The minimum atomic E-state index is -0.692. The number of hydrogen-bond donors (Lipinski definition) is 2. The monoisotopic (exact) mass is 502 g/mol. The van der Waals surface area contributed by atoms with Crippen LogP contribution in [0.5, 0.6) is 0 Å². The van der Waals surface area contributed by atoms with E-state index < -0.39 is 24.2 Å². The number of nitrogens with one attached hydrogen (secondary N) is 2. The Balaban J connectivity index is 1.40. The SMILES string of the molecule is O=C1NCC(=O)N2CCCC2C(=O)N2CCCC2C(=O)NCC(=O)N2CCCC2C(=O)N2CCCC12. The first-order valence-electron chi connectivity index (χ1n) is 13.1. The highest BCUT2D eigenvalue weighted by atomic mass is 16.2. The second-order valence-electron chi connectivity index (χ2n) is 10.3. The molecule has 0 aliphatic carbocycles. The summed E-state index contributed by atoms with van der Waals surface area (Å²) in [5.74, 6) is -1.98.